The van der Waals surface area contributed by atoms with Crippen molar-refractivity contribution in [3.63, 3.8) is 0 Å². The van der Waals surface area contributed by atoms with Crippen LogP contribution in [-0.2, 0) is 4.74 Å². The number of guanidine groups is 1. The molecule has 2 rings (SSSR count). The zero-order chi connectivity index (χ0) is 20.5. The van der Waals surface area contributed by atoms with Crippen molar-refractivity contribution in [3.8, 4) is 0 Å². The van der Waals surface area contributed by atoms with Crippen LogP contribution in [0.15, 0.2) is 0 Å². The fraction of sp³-hybridized carbons (Fsp3) is 0.667. The molecule has 1 aromatic rings. The summed E-state index contributed by atoms with van der Waals surface area (Å²) in [5.74, 6) is -0.180. The summed E-state index contributed by atoms with van der Waals surface area (Å²) in [4.78, 5) is 19.7. The van der Waals surface area contributed by atoms with E-state index in [1.54, 1.807) is 0 Å². The van der Waals surface area contributed by atoms with Gasteiger partial charge in [-0.1, -0.05) is 24.4 Å². The summed E-state index contributed by atoms with van der Waals surface area (Å²) in [5.41, 5.74) is 11.0. The minimum Gasteiger partial charge on any atom is -0.382 e. The highest BCUT2D eigenvalue weighted by atomic mass is 35.5. The van der Waals surface area contributed by atoms with Crippen LogP contribution in [-0.4, -0.2) is 41.1 Å². The molecule has 0 radical (unpaired) electrons. The average molecular weight is 412 g/mol. The maximum absolute atomic E-state index is 12.1. The van der Waals surface area contributed by atoms with E-state index in [1.165, 1.54) is 19.3 Å². The number of hydrogen-bond acceptors (Lipinski definition) is 7. The fourth-order valence-electron chi connectivity index (χ4n) is 3.42. The van der Waals surface area contributed by atoms with Gasteiger partial charge in [0.25, 0.3) is 5.91 Å². The summed E-state index contributed by atoms with van der Waals surface area (Å²) >= 11 is 5.76. The Kier molecular flexibility index (Phi) is 8.72. The molecule has 7 N–H and O–H groups in total. The van der Waals surface area contributed by atoms with E-state index in [0.717, 1.165) is 38.2 Å². The molecule has 1 heterocycles. The van der Waals surface area contributed by atoms with Gasteiger partial charge in [0.15, 0.2) is 28.4 Å². The molecule has 1 aromatic heterocycles. The topological polar surface area (TPSA) is 152 Å². The van der Waals surface area contributed by atoms with Crippen molar-refractivity contribution in [1.29, 1.82) is 5.41 Å². The molecule has 10 heteroatoms. The van der Waals surface area contributed by atoms with E-state index in [1.807, 2.05) is 6.92 Å². The second-order valence-electron chi connectivity index (χ2n) is 6.98. The molecule has 1 amide bonds. The molecular weight excluding hydrogens is 382 g/mol. The number of ether oxygens (including phenoxy) is 1. The van der Waals surface area contributed by atoms with Gasteiger partial charge in [-0.15, -0.1) is 0 Å². The number of unbranched alkanes of at least 4 members (excludes halogenated alkanes) is 1. The summed E-state index contributed by atoms with van der Waals surface area (Å²) in [6.45, 7) is 3.46. The standard InChI is InChI=1S/C18H30ClN7O2/c1-2-28-12-8-6-11(7-9-12)5-3-4-10-23-18(22)26-17(27)13-15(20)25-16(21)14(19)24-13/h11-12H,2-10H2,1H3,(H4,20,21,25)(H3,22,23,26,27). The van der Waals surface area contributed by atoms with Crippen molar-refractivity contribution < 1.29 is 9.53 Å². The van der Waals surface area contributed by atoms with Crippen molar-refractivity contribution in [2.75, 3.05) is 24.6 Å². The van der Waals surface area contributed by atoms with Gasteiger partial charge >= 0.3 is 0 Å². The third kappa shape index (κ3) is 6.79. The van der Waals surface area contributed by atoms with Crippen molar-refractivity contribution in [3.05, 3.63) is 10.8 Å². The number of nitrogens with zero attached hydrogens (tertiary/aromatic N) is 2. The van der Waals surface area contributed by atoms with Crippen molar-refractivity contribution in [2.45, 2.75) is 58.0 Å². The molecule has 1 aliphatic carbocycles. The summed E-state index contributed by atoms with van der Waals surface area (Å²) < 4.78 is 5.69. The maximum Gasteiger partial charge on any atom is 0.280 e. The number of nitrogens with one attached hydrogen (secondary N) is 3. The van der Waals surface area contributed by atoms with E-state index >= 15 is 0 Å². The predicted molar refractivity (Wildman–Crippen MR) is 110 cm³/mol. The Morgan fingerprint density at radius 3 is 2.61 bits per heavy atom. The Labute approximate surface area is 170 Å². The van der Waals surface area contributed by atoms with E-state index in [9.17, 15) is 4.79 Å². The normalized spacial score (nSPS) is 19.2. The van der Waals surface area contributed by atoms with Gasteiger partial charge in [-0.3, -0.25) is 15.5 Å². The van der Waals surface area contributed by atoms with Crippen LogP contribution in [0.3, 0.4) is 0 Å². The number of nitrogen functional groups attached to an aromatic ring is 2. The molecule has 0 atom stereocenters. The van der Waals surface area contributed by atoms with E-state index in [0.29, 0.717) is 12.6 Å². The quantitative estimate of drug-likeness (QED) is 0.250. The van der Waals surface area contributed by atoms with E-state index < -0.39 is 5.91 Å². The molecule has 1 saturated carbocycles. The SMILES string of the molecule is CCOC1CCC(CCCCNC(=N)NC(=O)c2nc(Cl)c(N)nc2N)CC1. The molecular formula is C18H30ClN7O2. The molecule has 0 unspecified atom stereocenters. The van der Waals surface area contributed by atoms with Gasteiger partial charge in [0.1, 0.15) is 0 Å². The lowest BCUT2D eigenvalue weighted by Crippen LogP contribution is -2.41. The number of carbonyl (C=O) groups excluding carboxylic acids is 1. The number of amides is 1. The third-order valence-corrected chi connectivity index (χ3v) is 5.17. The smallest absolute Gasteiger partial charge is 0.280 e. The van der Waals surface area contributed by atoms with Gasteiger partial charge in [0, 0.05) is 13.2 Å². The molecule has 0 bridgehead atoms. The van der Waals surface area contributed by atoms with Gasteiger partial charge in [0.2, 0.25) is 0 Å². The molecule has 1 aliphatic rings. The zero-order valence-corrected chi connectivity index (χ0v) is 17.0. The molecule has 28 heavy (non-hydrogen) atoms. The monoisotopic (exact) mass is 411 g/mol. The summed E-state index contributed by atoms with van der Waals surface area (Å²) in [5, 5.41) is 13.0. The van der Waals surface area contributed by atoms with Crippen molar-refractivity contribution in [2.24, 2.45) is 5.92 Å². The number of halogens is 1. The Morgan fingerprint density at radius 2 is 1.93 bits per heavy atom. The number of hydrogen-bond donors (Lipinski definition) is 5. The molecule has 0 saturated heterocycles. The lowest BCUT2D eigenvalue weighted by Gasteiger charge is -2.28. The summed E-state index contributed by atoms with van der Waals surface area (Å²) in [6, 6.07) is 0. The van der Waals surface area contributed by atoms with Gasteiger partial charge in [-0.25, -0.2) is 9.97 Å². The molecule has 9 nitrogen and oxygen atoms in total. The van der Waals surface area contributed by atoms with Crippen LogP contribution in [0.4, 0.5) is 11.6 Å². The van der Waals surface area contributed by atoms with E-state index in [2.05, 4.69) is 20.6 Å². The Hall–Kier alpha value is -2.13. The zero-order valence-electron chi connectivity index (χ0n) is 16.3. The van der Waals surface area contributed by atoms with Crippen LogP contribution >= 0.6 is 11.6 Å². The fourth-order valence-corrected chi connectivity index (χ4v) is 3.55. The first-order valence-electron chi connectivity index (χ1n) is 9.74. The van der Waals surface area contributed by atoms with Crippen molar-refractivity contribution >= 4 is 35.1 Å². The Morgan fingerprint density at radius 1 is 1.21 bits per heavy atom. The number of anilines is 2. The average Bonchev–Trinajstić information content (AvgIpc) is 2.66. The van der Waals surface area contributed by atoms with Gasteiger partial charge < -0.3 is 21.5 Å². The lowest BCUT2D eigenvalue weighted by molar-refractivity contribution is 0.0246. The number of carbonyl (C=O) groups is 1. The summed E-state index contributed by atoms with van der Waals surface area (Å²) in [7, 11) is 0. The van der Waals surface area contributed by atoms with Gasteiger partial charge in [0.05, 0.1) is 6.10 Å². The highest BCUT2D eigenvalue weighted by molar-refractivity contribution is 6.31. The number of nitrogens with two attached hydrogens (primary N) is 2. The first-order valence-corrected chi connectivity index (χ1v) is 10.1. The number of aromatic nitrogens is 2. The predicted octanol–water partition coefficient (Wildman–Crippen LogP) is 2.31. The summed E-state index contributed by atoms with van der Waals surface area (Å²) in [6.07, 6.45) is 8.44. The van der Waals surface area contributed by atoms with Crippen LogP contribution in [0.5, 0.6) is 0 Å². The van der Waals surface area contributed by atoms with E-state index in [4.69, 9.17) is 33.2 Å². The van der Waals surface area contributed by atoms with Crippen LogP contribution in [0.1, 0.15) is 62.4 Å². The molecule has 0 spiro atoms. The maximum atomic E-state index is 12.1. The minimum atomic E-state index is -0.657. The minimum absolute atomic E-state index is 0.0460. The lowest BCUT2D eigenvalue weighted by atomic mass is 9.84. The molecule has 156 valence electrons. The first kappa shape index (κ1) is 22.2. The number of rotatable bonds is 8. The molecule has 1 fully saturated rings. The van der Waals surface area contributed by atoms with Crippen LogP contribution in [0.25, 0.3) is 0 Å². The van der Waals surface area contributed by atoms with Crippen molar-refractivity contribution in [1.82, 2.24) is 20.6 Å². The van der Waals surface area contributed by atoms with Crippen LogP contribution in [0, 0.1) is 11.3 Å². The molecule has 0 aliphatic heterocycles. The van der Waals surface area contributed by atoms with Crippen LogP contribution < -0.4 is 22.1 Å². The Bertz CT molecular complexity index is 678. The second-order valence-corrected chi connectivity index (χ2v) is 7.34. The molecule has 0 aromatic carbocycles. The first-order chi connectivity index (χ1) is 13.4. The van der Waals surface area contributed by atoms with Gasteiger partial charge in [-0.2, -0.15) is 0 Å². The third-order valence-electron chi connectivity index (χ3n) is 4.90. The van der Waals surface area contributed by atoms with E-state index in [-0.39, 0.29) is 28.4 Å². The highest BCUT2D eigenvalue weighted by Gasteiger charge is 2.21. The van der Waals surface area contributed by atoms with Gasteiger partial charge in [-0.05, 0) is 44.9 Å². The second kappa shape index (κ2) is 11.0. The Balaban J connectivity index is 1.61. The largest absolute Gasteiger partial charge is 0.382 e. The van der Waals surface area contributed by atoms with Crippen LogP contribution in [0.2, 0.25) is 5.15 Å². The highest BCUT2D eigenvalue weighted by Crippen LogP contribution is 2.29.